The second kappa shape index (κ2) is 6.01. The molecule has 0 aliphatic heterocycles. The van der Waals surface area contributed by atoms with Gasteiger partial charge in [-0.05, 0) is 78.4 Å². The SMILES string of the molecule is CCCNC(CC1CC2CCC1C2)c1occc1Br. The van der Waals surface area contributed by atoms with E-state index in [-0.39, 0.29) is 0 Å². The zero-order valence-electron chi connectivity index (χ0n) is 11.7. The first-order valence-electron chi connectivity index (χ1n) is 7.74. The molecule has 0 radical (unpaired) electrons. The Balaban J connectivity index is 1.67. The highest BCUT2D eigenvalue weighted by Crippen LogP contribution is 2.51. The van der Waals surface area contributed by atoms with Gasteiger partial charge in [0.15, 0.2) is 0 Å². The molecule has 1 N–H and O–H groups in total. The van der Waals surface area contributed by atoms with Crippen molar-refractivity contribution in [3.8, 4) is 0 Å². The molecule has 2 bridgehead atoms. The van der Waals surface area contributed by atoms with Gasteiger partial charge in [0.1, 0.15) is 5.76 Å². The molecule has 19 heavy (non-hydrogen) atoms. The van der Waals surface area contributed by atoms with Crippen molar-refractivity contribution in [2.75, 3.05) is 6.54 Å². The van der Waals surface area contributed by atoms with Crippen LogP contribution in [-0.4, -0.2) is 6.54 Å². The van der Waals surface area contributed by atoms with E-state index in [9.17, 15) is 0 Å². The number of halogens is 1. The molecule has 2 aliphatic carbocycles. The smallest absolute Gasteiger partial charge is 0.134 e. The Bertz CT molecular complexity index is 417. The first-order chi connectivity index (χ1) is 9.28. The zero-order chi connectivity index (χ0) is 13.2. The Labute approximate surface area is 124 Å². The molecular formula is C16H24BrNO. The highest BCUT2D eigenvalue weighted by Gasteiger charge is 2.40. The third kappa shape index (κ3) is 2.92. The number of hydrogen-bond donors (Lipinski definition) is 1. The fourth-order valence-electron chi connectivity index (χ4n) is 4.12. The van der Waals surface area contributed by atoms with E-state index in [1.165, 1.54) is 38.5 Å². The fraction of sp³-hybridized carbons (Fsp3) is 0.750. The molecule has 2 fully saturated rings. The van der Waals surface area contributed by atoms with Crippen LogP contribution in [0.25, 0.3) is 0 Å². The van der Waals surface area contributed by atoms with Gasteiger partial charge < -0.3 is 9.73 Å². The first-order valence-corrected chi connectivity index (χ1v) is 8.53. The van der Waals surface area contributed by atoms with Crippen LogP contribution in [0.4, 0.5) is 0 Å². The van der Waals surface area contributed by atoms with Gasteiger partial charge in [-0.2, -0.15) is 0 Å². The van der Waals surface area contributed by atoms with Crippen molar-refractivity contribution in [1.29, 1.82) is 0 Å². The van der Waals surface area contributed by atoms with Crippen molar-refractivity contribution in [3.63, 3.8) is 0 Å². The summed E-state index contributed by atoms with van der Waals surface area (Å²) in [7, 11) is 0. The van der Waals surface area contributed by atoms with E-state index >= 15 is 0 Å². The normalized spacial score (nSPS) is 30.9. The van der Waals surface area contributed by atoms with E-state index in [1.807, 2.05) is 6.07 Å². The third-order valence-electron chi connectivity index (χ3n) is 5.02. The van der Waals surface area contributed by atoms with Crippen LogP contribution in [0.15, 0.2) is 21.2 Å². The maximum absolute atomic E-state index is 5.70. The van der Waals surface area contributed by atoms with E-state index in [0.717, 1.165) is 34.5 Å². The van der Waals surface area contributed by atoms with Crippen molar-refractivity contribution in [1.82, 2.24) is 5.32 Å². The van der Waals surface area contributed by atoms with Crippen LogP contribution >= 0.6 is 15.9 Å². The average Bonchev–Trinajstić information content (AvgIpc) is 3.10. The summed E-state index contributed by atoms with van der Waals surface area (Å²) in [6, 6.07) is 2.39. The van der Waals surface area contributed by atoms with Crippen molar-refractivity contribution in [2.45, 2.75) is 51.5 Å². The molecule has 0 saturated heterocycles. The Morgan fingerprint density at radius 1 is 1.42 bits per heavy atom. The van der Waals surface area contributed by atoms with E-state index < -0.39 is 0 Å². The minimum atomic E-state index is 0.383. The van der Waals surface area contributed by atoms with Crippen LogP contribution in [0.3, 0.4) is 0 Å². The molecule has 1 aromatic heterocycles. The van der Waals surface area contributed by atoms with Gasteiger partial charge in [-0.15, -0.1) is 0 Å². The minimum Gasteiger partial charge on any atom is -0.466 e. The lowest BCUT2D eigenvalue weighted by Crippen LogP contribution is -2.26. The van der Waals surface area contributed by atoms with Gasteiger partial charge in [-0.1, -0.05) is 13.3 Å². The van der Waals surface area contributed by atoms with E-state index in [0.29, 0.717) is 6.04 Å². The molecule has 106 valence electrons. The third-order valence-corrected chi connectivity index (χ3v) is 5.68. The van der Waals surface area contributed by atoms with Crippen LogP contribution in [-0.2, 0) is 0 Å². The fourth-order valence-corrected chi connectivity index (χ4v) is 4.60. The molecular weight excluding hydrogens is 302 g/mol. The lowest BCUT2D eigenvalue weighted by molar-refractivity contribution is 0.262. The summed E-state index contributed by atoms with van der Waals surface area (Å²) in [4.78, 5) is 0. The lowest BCUT2D eigenvalue weighted by atomic mass is 9.83. The molecule has 4 unspecified atom stereocenters. The van der Waals surface area contributed by atoms with E-state index in [1.54, 1.807) is 6.26 Å². The van der Waals surface area contributed by atoms with Crippen LogP contribution in [0, 0.1) is 17.8 Å². The molecule has 1 aromatic rings. The molecule has 0 aromatic carbocycles. The lowest BCUT2D eigenvalue weighted by Gasteiger charge is -2.26. The number of hydrogen-bond acceptors (Lipinski definition) is 2. The summed E-state index contributed by atoms with van der Waals surface area (Å²) in [6.07, 6.45) is 10.1. The van der Waals surface area contributed by atoms with Crippen molar-refractivity contribution >= 4 is 15.9 Å². The Morgan fingerprint density at radius 2 is 2.32 bits per heavy atom. The van der Waals surface area contributed by atoms with Gasteiger partial charge in [0.25, 0.3) is 0 Å². The average molecular weight is 326 g/mol. The predicted molar refractivity (Wildman–Crippen MR) is 81.0 cm³/mol. The summed E-state index contributed by atoms with van der Waals surface area (Å²) in [5.74, 6) is 4.02. The molecule has 0 amide bonds. The van der Waals surface area contributed by atoms with Crippen molar-refractivity contribution < 1.29 is 4.42 Å². The summed E-state index contributed by atoms with van der Waals surface area (Å²) in [5, 5.41) is 3.68. The molecule has 4 atom stereocenters. The number of rotatable bonds is 6. The van der Waals surface area contributed by atoms with Crippen LogP contribution in [0.5, 0.6) is 0 Å². The number of nitrogens with one attached hydrogen (secondary N) is 1. The largest absolute Gasteiger partial charge is 0.466 e. The summed E-state index contributed by atoms with van der Waals surface area (Å²) >= 11 is 3.62. The van der Waals surface area contributed by atoms with Crippen molar-refractivity contribution in [3.05, 3.63) is 22.6 Å². The topological polar surface area (TPSA) is 25.2 Å². The summed E-state index contributed by atoms with van der Waals surface area (Å²) in [6.45, 7) is 3.29. The maximum atomic E-state index is 5.70. The molecule has 2 aliphatic rings. The zero-order valence-corrected chi connectivity index (χ0v) is 13.3. The Morgan fingerprint density at radius 3 is 2.89 bits per heavy atom. The van der Waals surface area contributed by atoms with Gasteiger partial charge in [-0.25, -0.2) is 0 Å². The second-order valence-corrected chi connectivity index (χ2v) is 7.16. The predicted octanol–water partition coefficient (Wildman–Crippen LogP) is 4.91. The van der Waals surface area contributed by atoms with Crippen molar-refractivity contribution in [2.24, 2.45) is 17.8 Å². The molecule has 1 heterocycles. The number of furan rings is 1. The molecule has 3 heteroatoms. The quantitative estimate of drug-likeness (QED) is 0.803. The molecule has 2 nitrogen and oxygen atoms in total. The molecule has 2 saturated carbocycles. The molecule has 3 rings (SSSR count). The van der Waals surface area contributed by atoms with Crippen LogP contribution in [0.1, 0.15) is 57.3 Å². The van der Waals surface area contributed by atoms with Gasteiger partial charge >= 0.3 is 0 Å². The van der Waals surface area contributed by atoms with E-state index in [2.05, 4.69) is 28.2 Å². The monoisotopic (exact) mass is 325 g/mol. The van der Waals surface area contributed by atoms with Crippen LogP contribution < -0.4 is 5.32 Å². The summed E-state index contributed by atoms with van der Waals surface area (Å²) in [5.41, 5.74) is 0. The minimum absolute atomic E-state index is 0.383. The Kier molecular flexibility index (Phi) is 4.33. The van der Waals surface area contributed by atoms with Gasteiger partial charge in [0.2, 0.25) is 0 Å². The second-order valence-electron chi connectivity index (χ2n) is 6.31. The van der Waals surface area contributed by atoms with Crippen LogP contribution in [0.2, 0.25) is 0 Å². The summed E-state index contributed by atoms with van der Waals surface area (Å²) < 4.78 is 6.82. The van der Waals surface area contributed by atoms with E-state index in [4.69, 9.17) is 4.42 Å². The Hall–Kier alpha value is -0.280. The maximum Gasteiger partial charge on any atom is 0.134 e. The highest BCUT2D eigenvalue weighted by atomic mass is 79.9. The van der Waals surface area contributed by atoms with Gasteiger partial charge in [-0.3, -0.25) is 0 Å². The van der Waals surface area contributed by atoms with Gasteiger partial charge in [0, 0.05) is 0 Å². The van der Waals surface area contributed by atoms with Gasteiger partial charge in [0.05, 0.1) is 16.8 Å². The highest BCUT2D eigenvalue weighted by molar-refractivity contribution is 9.10. The first kappa shape index (κ1) is 13.7. The standard InChI is InChI=1S/C16H24BrNO/c1-2-6-18-15(16-14(17)5-7-19-16)10-13-9-11-3-4-12(13)8-11/h5,7,11-13,15,18H,2-4,6,8-10H2,1H3. The number of fused-ring (bicyclic) bond motifs is 2. The molecule has 0 spiro atoms.